The van der Waals surface area contributed by atoms with E-state index in [-0.39, 0.29) is 5.91 Å². The summed E-state index contributed by atoms with van der Waals surface area (Å²) in [5.74, 6) is -0.284. The van der Waals surface area contributed by atoms with Crippen LogP contribution in [0.2, 0.25) is 0 Å². The monoisotopic (exact) mass is 397 g/mol. The largest absolute Gasteiger partial charge is 0.399 e. The summed E-state index contributed by atoms with van der Waals surface area (Å²) in [6, 6.07) is 8.66. The molecule has 0 radical (unpaired) electrons. The van der Waals surface area contributed by atoms with Crippen LogP contribution in [-0.4, -0.2) is 5.91 Å². The first-order valence-corrected chi connectivity index (χ1v) is 7.39. The number of aryl methyl sites for hydroxylation is 1. The van der Waals surface area contributed by atoms with Crippen LogP contribution in [0.5, 0.6) is 0 Å². The summed E-state index contributed by atoms with van der Waals surface area (Å²) in [5.41, 5.74) is 14.4. The Morgan fingerprint density at radius 2 is 1.70 bits per heavy atom. The summed E-state index contributed by atoms with van der Waals surface area (Å²) in [6.45, 7) is 1.97. The van der Waals surface area contributed by atoms with Gasteiger partial charge in [-0.15, -0.1) is 0 Å². The Labute approximate surface area is 133 Å². The van der Waals surface area contributed by atoms with E-state index in [4.69, 9.17) is 11.5 Å². The van der Waals surface area contributed by atoms with Crippen LogP contribution in [0.1, 0.15) is 15.9 Å². The molecule has 0 aliphatic rings. The third kappa shape index (κ3) is 3.13. The number of hydrogen-bond acceptors (Lipinski definition) is 3. The molecule has 0 spiro atoms. The fraction of sp³-hybridized carbons (Fsp3) is 0.0714. The number of hydrogen-bond donors (Lipinski definition) is 3. The molecule has 0 saturated carbocycles. The summed E-state index contributed by atoms with van der Waals surface area (Å²) in [6.07, 6.45) is 0. The standard InChI is InChI=1S/C14H13Br2N3O/c1-7-4-10(15)13(11(16)5-7)19-14(20)9-3-2-8(17)6-12(9)18/h2-6H,17-18H2,1H3,(H,19,20). The van der Waals surface area contributed by atoms with E-state index < -0.39 is 0 Å². The molecule has 5 N–H and O–H groups in total. The average Bonchev–Trinajstić information content (AvgIpc) is 2.33. The Bertz CT molecular complexity index is 663. The Morgan fingerprint density at radius 3 is 2.25 bits per heavy atom. The molecule has 0 saturated heterocycles. The number of benzene rings is 2. The quantitative estimate of drug-likeness (QED) is 0.670. The average molecular weight is 399 g/mol. The van der Waals surface area contributed by atoms with Crippen molar-refractivity contribution in [1.29, 1.82) is 0 Å². The SMILES string of the molecule is Cc1cc(Br)c(NC(=O)c2ccc(N)cc2N)c(Br)c1. The van der Waals surface area contributed by atoms with Crippen LogP contribution >= 0.6 is 31.9 Å². The minimum absolute atomic E-state index is 0.284. The predicted octanol–water partition coefficient (Wildman–Crippen LogP) is 3.94. The summed E-state index contributed by atoms with van der Waals surface area (Å²) < 4.78 is 1.60. The number of halogens is 2. The van der Waals surface area contributed by atoms with Gasteiger partial charge >= 0.3 is 0 Å². The van der Waals surface area contributed by atoms with Gasteiger partial charge in [-0.3, -0.25) is 4.79 Å². The molecule has 0 aromatic heterocycles. The van der Waals surface area contributed by atoms with Gasteiger partial charge in [-0.1, -0.05) is 0 Å². The normalized spacial score (nSPS) is 10.3. The Kier molecular flexibility index (Phi) is 4.35. The maximum atomic E-state index is 12.3. The summed E-state index contributed by atoms with van der Waals surface area (Å²) in [5, 5.41) is 2.83. The van der Waals surface area contributed by atoms with Crippen LogP contribution in [0.3, 0.4) is 0 Å². The van der Waals surface area contributed by atoms with E-state index in [1.807, 2.05) is 19.1 Å². The number of carbonyl (C=O) groups is 1. The van der Waals surface area contributed by atoms with Crippen LogP contribution in [-0.2, 0) is 0 Å². The van der Waals surface area contributed by atoms with Crippen molar-refractivity contribution in [1.82, 2.24) is 0 Å². The molecule has 0 bridgehead atoms. The minimum atomic E-state index is -0.284. The zero-order valence-electron chi connectivity index (χ0n) is 10.7. The van der Waals surface area contributed by atoms with E-state index in [0.717, 1.165) is 14.5 Å². The maximum absolute atomic E-state index is 12.3. The number of carbonyl (C=O) groups excluding carboxylic acids is 1. The molecule has 2 rings (SSSR count). The lowest BCUT2D eigenvalue weighted by atomic mass is 10.1. The molecule has 104 valence electrons. The van der Waals surface area contributed by atoms with Crippen molar-refractivity contribution < 1.29 is 4.79 Å². The lowest BCUT2D eigenvalue weighted by Crippen LogP contribution is -2.15. The van der Waals surface area contributed by atoms with Crippen molar-refractivity contribution in [2.24, 2.45) is 0 Å². The van der Waals surface area contributed by atoms with Crippen molar-refractivity contribution in [3.63, 3.8) is 0 Å². The van der Waals surface area contributed by atoms with Crippen LogP contribution in [0, 0.1) is 6.92 Å². The molecular formula is C14H13Br2N3O. The van der Waals surface area contributed by atoms with Crippen molar-refractivity contribution in [2.45, 2.75) is 6.92 Å². The Morgan fingerprint density at radius 1 is 1.10 bits per heavy atom. The Hall–Kier alpha value is -1.53. The maximum Gasteiger partial charge on any atom is 0.257 e. The summed E-state index contributed by atoms with van der Waals surface area (Å²) >= 11 is 6.87. The highest BCUT2D eigenvalue weighted by Crippen LogP contribution is 2.33. The van der Waals surface area contributed by atoms with Crippen molar-refractivity contribution in [3.8, 4) is 0 Å². The lowest BCUT2D eigenvalue weighted by Gasteiger charge is -2.12. The number of anilines is 3. The zero-order valence-corrected chi connectivity index (χ0v) is 13.9. The minimum Gasteiger partial charge on any atom is -0.399 e. The first-order chi connectivity index (χ1) is 9.38. The molecule has 0 atom stereocenters. The molecule has 20 heavy (non-hydrogen) atoms. The summed E-state index contributed by atoms with van der Waals surface area (Å²) in [4.78, 5) is 12.3. The summed E-state index contributed by atoms with van der Waals surface area (Å²) in [7, 11) is 0. The molecule has 2 aromatic carbocycles. The number of nitrogens with two attached hydrogens (primary N) is 2. The van der Waals surface area contributed by atoms with Gasteiger partial charge in [-0.2, -0.15) is 0 Å². The molecule has 6 heteroatoms. The van der Waals surface area contributed by atoms with Gasteiger partial charge in [0.25, 0.3) is 5.91 Å². The smallest absolute Gasteiger partial charge is 0.257 e. The molecule has 0 aliphatic carbocycles. The third-order valence-electron chi connectivity index (χ3n) is 2.75. The highest BCUT2D eigenvalue weighted by Gasteiger charge is 2.14. The molecule has 0 unspecified atom stereocenters. The van der Waals surface area contributed by atoms with Crippen molar-refractivity contribution >= 4 is 54.8 Å². The van der Waals surface area contributed by atoms with E-state index >= 15 is 0 Å². The second kappa shape index (κ2) is 5.85. The van der Waals surface area contributed by atoms with Gasteiger partial charge in [0.2, 0.25) is 0 Å². The lowest BCUT2D eigenvalue weighted by molar-refractivity contribution is 0.102. The number of amides is 1. The van der Waals surface area contributed by atoms with Crippen LogP contribution in [0.4, 0.5) is 17.1 Å². The molecule has 0 aliphatic heterocycles. The molecule has 0 heterocycles. The van der Waals surface area contributed by atoms with Gasteiger partial charge in [0, 0.05) is 20.3 Å². The van der Waals surface area contributed by atoms with Gasteiger partial charge in [-0.25, -0.2) is 0 Å². The van der Waals surface area contributed by atoms with E-state index in [1.54, 1.807) is 18.2 Å². The zero-order chi connectivity index (χ0) is 14.9. The van der Waals surface area contributed by atoms with E-state index in [2.05, 4.69) is 37.2 Å². The van der Waals surface area contributed by atoms with E-state index in [1.165, 1.54) is 0 Å². The number of rotatable bonds is 2. The molecular weight excluding hydrogens is 386 g/mol. The highest BCUT2D eigenvalue weighted by molar-refractivity contribution is 9.11. The highest BCUT2D eigenvalue weighted by atomic mass is 79.9. The first-order valence-electron chi connectivity index (χ1n) is 5.80. The van der Waals surface area contributed by atoms with Crippen molar-refractivity contribution in [2.75, 3.05) is 16.8 Å². The molecule has 1 amide bonds. The Balaban J connectivity index is 2.33. The first kappa shape index (κ1) is 14.9. The van der Waals surface area contributed by atoms with Crippen molar-refractivity contribution in [3.05, 3.63) is 50.4 Å². The number of nitrogens with one attached hydrogen (secondary N) is 1. The van der Waals surface area contributed by atoms with Gasteiger partial charge in [0.15, 0.2) is 0 Å². The predicted molar refractivity (Wildman–Crippen MR) is 89.8 cm³/mol. The van der Waals surface area contributed by atoms with Gasteiger partial charge in [0.05, 0.1) is 11.3 Å². The van der Waals surface area contributed by atoms with E-state index in [0.29, 0.717) is 22.6 Å². The molecule has 0 fully saturated rings. The fourth-order valence-electron chi connectivity index (χ4n) is 1.79. The second-order valence-electron chi connectivity index (χ2n) is 4.40. The van der Waals surface area contributed by atoms with E-state index in [9.17, 15) is 4.79 Å². The van der Waals surface area contributed by atoms with Gasteiger partial charge in [0.1, 0.15) is 0 Å². The molecule has 4 nitrogen and oxygen atoms in total. The molecule has 2 aromatic rings. The van der Waals surface area contributed by atoms with Crippen LogP contribution < -0.4 is 16.8 Å². The second-order valence-corrected chi connectivity index (χ2v) is 6.11. The van der Waals surface area contributed by atoms with Gasteiger partial charge in [-0.05, 0) is 74.7 Å². The fourth-order valence-corrected chi connectivity index (χ4v) is 3.40. The van der Waals surface area contributed by atoms with Gasteiger partial charge < -0.3 is 16.8 Å². The number of nitrogen functional groups attached to an aromatic ring is 2. The third-order valence-corrected chi connectivity index (χ3v) is 4.00. The topological polar surface area (TPSA) is 81.1 Å². The van der Waals surface area contributed by atoms with Crippen LogP contribution in [0.15, 0.2) is 39.3 Å². The van der Waals surface area contributed by atoms with Crippen LogP contribution in [0.25, 0.3) is 0 Å².